The highest BCUT2D eigenvalue weighted by molar-refractivity contribution is 5.39. The van der Waals surface area contributed by atoms with Crippen molar-refractivity contribution >= 4 is 5.69 Å². The molecule has 2 aliphatic rings. The number of nitrogens with zero attached hydrogens (tertiary/aromatic N) is 2. The minimum atomic E-state index is 0.332. The number of hydrogen-bond acceptors (Lipinski definition) is 5. The average Bonchev–Trinajstić information content (AvgIpc) is 3.13. The molecule has 0 spiro atoms. The van der Waals surface area contributed by atoms with Gasteiger partial charge >= 0.3 is 0 Å². The van der Waals surface area contributed by atoms with Gasteiger partial charge in [-0.15, -0.1) is 0 Å². The number of hydrogen-bond donors (Lipinski definition) is 2. The van der Waals surface area contributed by atoms with Crippen molar-refractivity contribution in [3.63, 3.8) is 0 Å². The normalized spacial score (nSPS) is 27.7. The maximum absolute atomic E-state index is 5.64. The summed E-state index contributed by atoms with van der Waals surface area (Å²) in [7, 11) is 0. The predicted molar refractivity (Wildman–Crippen MR) is 81.5 cm³/mol. The van der Waals surface area contributed by atoms with Crippen LogP contribution in [0.15, 0.2) is 12.4 Å². The second kappa shape index (κ2) is 7.24. The summed E-state index contributed by atoms with van der Waals surface area (Å²) in [4.78, 5) is 0. The Balaban J connectivity index is 1.44. The molecule has 0 amide bonds. The van der Waals surface area contributed by atoms with Gasteiger partial charge in [-0.3, -0.25) is 4.68 Å². The van der Waals surface area contributed by atoms with E-state index in [1.165, 1.54) is 6.42 Å². The monoisotopic (exact) mass is 294 g/mol. The molecule has 1 aromatic rings. The molecule has 3 heterocycles. The van der Waals surface area contributed by atoms with Gasteiger partial charge in [-0.05, 0) is 26.2 Å². The summed E-state index contributed by atoms with van der Waals surface area (Å²) in [5.41, 5.74) is 1.08. The molecule has 21 heavy (non-hydrogen) atoms. The molecule has 0 saturated carbocycles. The van der Waals surface area contributed by atoms with Gasteiger partial charge in [0.25, 0.3) is 0 Å². The average molecular weight is 294 g/mol. The second-order valence-electron chi connectivity index (χ2n) is 6.09. The number of morpholine rings is 1. The highest BCUT2D eigenvalue weighted by Crippen LogP contribution is 2.16. The van der Waals surface area contributed by atoms with E-state index in [1.807, 2.05) is 10.9 Å². The van der Waals surface area contributed by atoms with E-state index in [4.69, 9.17) is 9.47 Å². The summed E-state index contributed by atoms with van der Waals surface area (Å²) >= 11 is 0. The van der Waals surface area contributed by atoms with Crippen molar-refractivity contribution in [3.8, 4) is 0 Å². The van der Waals surface area contributed by atoms with Gasteiger partial charge in [0.05, 0.1) is 37.7 Å². The molecular formula is C15H26N4O2. The fourth-order valence-corrected chi connectivity index (χ4v) is 3.08. The van der Waals surface area contributed by atoms with Crippen molar-refractivity contribution < 1.29 is 9.47 Å². The van der Waals surface area contributed by atoms with Crippen molar-refractivity contribution in [1.29, 1.82) is 0 Å². The molecule has 6 heteroatoms. The zero-order chi connectivity index (χ0) is 14.5. The lowest BCUT2D eigenvalue weighted by atomic mass is 10.1. The van der Waals surface area contributed by atoms with Crippen molar-refractivity contribution in [2.45, 2.75) is 50.9 Å². The van der Waals surface area contributed by atoms with Gasteiger partial charge in [-0.2, -0.15) is 5.10 Å². The van der Waals surface area contributed by atoms with Crippen molar-refractivity contribution in [3.05, 3.63) is 12.4 Å². The smallest absolute Gasteiger partial charge is 0.0771 e. The van der Waals surface area contributed by atoms with Gasteiger partial charge in [0.1, 0.15) is 0 Å². The van der Waals surface area contributed by atoms with Crippen LogP contribution in [0.1, 0.15) is 26.2 Å². The third-order valence-electron chi connectivity index (χ3n) is 4.10. The molecule has 1 aromatic heterocycles. The molecule has 118 valence electrons. The largest absolute Gasteiger partial charge is 0.380 e. The summed E-state index contributed by atoms with van der Waals surface area (Å²) in [5.74, 6) is 0. The van der Waals surface area contributed by atoms with E-state index in [2.05, 4.69) is 28.9 Å². The molecule has 3 atom stereocenters. The lowest BCUT2D eigenvalue weighted by Crippen LogP contribution is -2.43. The molecule has 2 N–H and O–H groups in total. The quantitative estimate of drug-likeness (QED) is 0.826. The molecule has 2 aliphatic heterocycles. The summed E-state index contributed by atoms with van der Waals surface area (Å²) < 4.78 is 13.1. The number of aromatic nitrogens is 2. The zero-order valence-corrected chi connectivity index (χ0v) is 12.8. The Morgan fingerprint density at radius 3 is 3.24 bits per heavy atom. The second-order valence-corrected chi connectivity index (χ2v) is 6.09. The van der Waals surface area contributed by atoms with Crippen LogP contribution in [-0.4, -0.2) is 54.3 Å². The summed E-state index contributed by atoms with van der Waals surface area (Å²) in [6.45, 7) is 6.54. The van der Waals surface area contributed by atoms with Crippen LogP contribution in [0.3, 0.4) is 0 Å². The molecule has 6 nitrogen and oxygen atoms in total. The number of rotatable bonds is 6. The van der Waals surface area contributed by atoms with Crippen LogP contribution in [0.2, 0.25) is 0 Å². The highest BCUT2D eigenvalue weighted by Gasteiger charge is 2.18. The summed E-state index contributed by atoms with van der Waals surface area (Å²) in [6, 6.07) is 0.841. The number of anilines is 1. The standard InChI is InChI=1S/C15H26N4O2/c1-12(7-13-11-20-6-4-16-13)18-14-8-17-19(9-14)10-15-3-2-5-21-15/h8-9,12-13,15-16,18H,2-7,10-11H2,1H3. The van der Waals surface area contributed by atoms with E-state index < -0.39 is 0 Å². The SMILES string of the molecule is CC(CC1COCCN1)Nc1cnn(CC2CCCO2)c1. The third kappa shape index (κ3) is 4.43. The van der Waals surface area contributed by atoms with Crippen LogP contribution < -0.4 is 10.6 Å². The van der Waals surface area contributed by atoms with Crippen LogP contribution in [0.4, 0.5) is 5.69 Å². The molecule has 3 unspecified atom stereocenters. The molecule has 0 radical (unpaired) electrons. The van der Waals surface area contributed by atoms with E-state index in [0.717, 1.165) is 51.4 Å². The first kappa shape index (κ1) is 14.8. The molecule has 0 bridgehead atoms. The number of nitrogens with one attached hydrogen (secondary N) is 2. The van der Waals surface area contributed by atoms with Crippen LogP contribution >= 0.6 is 0 Å². The van der Waals surface area contributed by atoms with Crippen molar-refractivity contribution in [2.75, 3.05) is 31.7 Å². The molecule has 0 aliphatic carbocycles. The van der Waals surface area contributed by atoms with Gasteiger partial charge in [0.15, 0.2) is 0 Å². The van der Waals surface area contributed by atoms with E-state index in [-0.39, 0.29) is 0 Å². The lowest BCUT2D eigenvalue weighted by Gasteiger charge is -2.26. The number of ether oxygens (including phenoxy) is 2. The van der Waals surface area contributed by atoms with E-state index in [0.29, 0.717) is 18.2 Å². The van der Waals surface area contributed by atoms with Gasteiger partial charge in [-0.1, -0.05) is 0 Å². The van der Waals surface area contributed by atoms with E-state index in [9.17, 15) is 0 Å². The van der Waals surface area contributed by atoms with Gasteiger partial charge in [0.2, 0.25) is 0 Å². The van der Waals surface area contributed by atoms with Crippen LogP contribution in [-0.2, 0) is 16.0 Å². The first-order valence-electron chi connectivity index (χ1n) is 8.01. The van der Waals surface area contributed by atoms with E-state index >= 15 is 0 Å². The minimum absolute atomic E-state index is 0.332. The first-order valence-corrected chi connectivity index (χ1v) is 8.01. The van der Waals surface area contributed by atoms with Gasteiger partial charge < -0.3 is 20.1 Å². The maximum Gasteiger partial charge on any atom is 0.0771 e. The van der Waals surface area contributed by atoms with Gasteiger partial charge in [0, 0.05) is 31.4 Å². The Bertz CT molecular complexity index is 425. The maximum atomic E-state index is 5.64. The van der Waals surface area contributed by atoms with Crippen LogP contribution in [0, 0.1) is 0 Å². The Morgan fingerprint density at radius 1 is 1.52 bits per heavy atom. The molecule has 0 aromatic carbocycles. The fraction of sp³-hybridized carbons (Fsp3) is 0.800. The molecular weight excluding hydrogens is 268 g/mol. The third-order valence-corrected chi connectivity index (χ3v) is 4.10. The minimum Gasteiger partial charge on any atom is -0.380 e. The highest BCUT2D eigenvalue weighted by atomic mass is 16.5. The fourth-order valence-electron chi connectivity index (χ4n) is 3.08. The zero-order valence-electron chi connectivity index (χ0n) is 12.8. The molecule has 2 fully saturated rings. The Kier molecular flexibility index (Phi) is 5.11. The summed E-state index contributed by atoms with van der Waals surface area (Å²) in [5, 5.41) is 11.4. The van der Waals surface area contributed by atoms with E-state index in [1.54, 1.807) is 0 Å². The lowest BCUT2D eigenvalue weighted by molar-refractivity contribution is 0.0731. The van der Waals surface area contributed by atoms with Gasteiger partial charge in [-0.25, -0.2) is 0 Å². The predicted octanol–water partition coefficient (Wildman–Crippen LogP) is 1.24. The van der Waals surface area contributed by atoms with Crippen molar-refractivity contribution in [2.24, 2.45) is 0 Å². The van der Waals surface area contributed by atoms with Crippen LogP contribution in [0.5, 0.6) is 0 Å². The Morgan fingerprint density at radius 2 is 2.48 bits per heavy atom. The topological polar surface area (TPSA) is 60.3 Å². The summed E-state index contributed by atoms with van der Waals surface area (Å²) in [6.07, 6.45) is 7.67. The molecule has 3 rings (SSSR count). The van der Waals surface area contributed by atoms with Crippen molar-refractivity contribution in [1.82, 2.24) is 15.1 Å². The first-order chi connectivity index (χ1) is 10.3. The van der Waals surface area contributed by atoms with Crippen LogP contribution in [0.25, 0.3) is 0 Å². The Labute approximate surface area is 126 Å². The molecule has 2 saturated heterocycles. The Hall–Kier alpha value is -1.11.